The molecule has 0 aliphatic rings. The number of nitrogens with two attached hydrogens (primary N) is 1. The molecule has 0 aliphatic carbocycles. The van der Waals surface area contributed by atoms with E-state index >= 15 is 0 Å². The number of nitrogens with one attached hydrogen (secondary N) is 4. The molecule has 0 spiro atoms. The van der Waals surface area contributed by atoms with Gasteiger partial charge in [0.05, 0.1) is 12.9 Å². The van der Waals surface area contributed by atoms with E-state index in [4.69, 9.17) is 5.73 Å². The summed E-state index contributed by atoms with van der Waals surface area (Å²) in [5.74, 6) is -2.04. The molecule has 1 rings (SSSR count). The highest BCUT2D eigenvalue weighted by atomic mass is 16.4. The van der Waals surface area contributed by atoms with Gasteiger partial charge in [0, 0.05) is 18.3 Å². The normalized spacial score (nSPS) is 13.0. The number of hydrogen-bond acceptors (Lipinski definition) is 6. The number of carbonyl (C=O) groups is 3. The molecule has 1 aromatic rings. The fraction of sp³-hybridized carbons (Fsp3) is 0.600. The van der Waals surface area contributed by atoms with Gasteiger partial charge in [0.25, 0.3) is 0 Å². The number of rotatable bonds is 12. The van der Waals surface area contributed by atoms with Crippen LogP contribution in [0.1, 0.15) is 25.0 Å². The molecule has 0 radical (unpaired) electrons. The van der Waals surface area contributed by atoms with Gasteiger partial charge in [-0.3, -0.25) is 9.59 Å². The Bertz CT molecular complexity index is 548. The van der Waals surface area contributed by atoms with E-state index < -0.39 is 24.0 Å². The van der Waals surface area contributed by atoms with Crippen molar-refractivity contribution < 1.29 is 19.5 Å². The zero-order valence-electron chi connectivity index (χ0n) is 14.2. The summed E-state index contributed by atoms with van der Waals surface area (Å²) in [5.41, 5.74) is 6.05. The van der Waals surface area contributed by atoms with E-state index in [1.165, 1.54) is 6.33 Å². The second kappa shape index (κ2) is 11.2. The maximum absolute atomic E-state index is 12.5. The number of nitrogens with zero attached hydrogens (tertiary/aromatic N) is 1. The number of unbranched alkanes of at least 4 members (excludes halogenated alkanes) is 1. The van der Waals surface area contributed by atoms with Crippen LogP contribution >= 0.6 is 0 Å². The van der Waals surface area contributed by atoms with E-state index in [1.807, 2.05) is 0 Å². The first-order chi connectivity index (χ1) is 12.0. The molecule has 0 bridgehead atoms. The molecule has 140 valence electrons. The Morgan fingerprint density at radius 2 is 2.04 bits per heavy atom. The number of likely N-dealkylation sites (N-methyl/N-ethyl adjacent to an activating group) is 1. The smallest absolute Gasteiger partial charge is 0.326 e. The van der Waals surface area contributed by atoms with E-state index in [1.54, 1.807) is 13.2 Å². The van der Waals surface area contributed by atoms with Gasteiger partial charge < -0.3 is 31.8 Å². The number of carboxylic acids is 1. The number of carbonyl (C=O) groups excluding carboxylic acids is 2. The highest BCUT2D eigenvalue weighted by molar-refractivity contribution is 5.91. The Hall–Kier alpha value is -2.46. The van der Waals surface area contributed by atoms with Gasteiger partial charge in [-0.25, -0.2) is 9.78 Å². The minimum Gasteiger partial charge on any atom is -0.480 e. The van der Waals surface area contributed by atoms with Crippen LogP contribution in [0.3, 0.4) is 0 Å². The molecule has 10 nitrogen and oxygen atoms in total. The van der Waals surface area contributed by atoms with Gasteiger partial charge in [-0.2, -0.15) is 0 Å². The number of carboxylic acid groups (broad SMARTS) is 1. The fourth-order valence-corrected chi connectivity index (χ4v) is 2.25. The van der Waals surface area contributed by atoms with Gasteiger partial charge in [0.2, 0.25) is 11.8 Å². The van der Waals surface area contributed by atoms with Gasteiger partial charge in [0.15, 0.2) is 0 Å². The first kappa shape index (κ1) is 20.6. The predicted molar refractivity (Wildman–Crippen MR) is 90.6 cm³/mol. The van der Waals surface area contributed by atoms with Crippen molar-refractivity contribution >= 4 is 17.8 Å². The van der Waals surface area contributed by atoms with Crippen LogP contribution in [-0.4, -0.2) is 65.1 Å². The second-order valence-electron chi connectivity index (χ2n) is 5.62. The topological polar surface area (TPSA) is 162 Å². The van der Waals surface area contributed by atoms with Gasteiger partial charge in [0.1, 0.15) is 12.1 Å². The second-order valence-corrected chi connectivity index (χ2v) is 5.62. The highest BCUT2D eigenvalue weighted by Crippen LogP contribution is 2.04. The van der Waals surface area contributed by atoms with Crippen molar-refractivity contribution in [2.24, 2.45) is 5.73 Å². The van der Waals surface area contributed by atoms with E-state index in [0.29, 0.717) is 25.1 Å². The number of amides is 2. The molecule has 2 unspecified atom stereocenters. The van der Waals surface area contributed by atoms with Gasteiger partial charge in [-0.1, -0.05) is 0 Å². The summed E-state index contributed by atoms with van der Waals surface area (Å²) in [5, 5.41) is 17.0. The van der Waals surface area contributed by atoms with Crippen molar-refractivity contribution in [3.63, 3.8) is 0 Å². The standard InChI is InChI=1S/C15H26N6O4/c1-17-8-13(22)20-12(6-10-7-18-9-19-10)14(23)21-11(15(24)25)4-2-3-5-16/h7,9,11-12,17H,2-6,8,16H2,1H3,(H,18,19)(H,20,22)(H,21,23)(H,24,25). The van der Waals surface area contributed by atoms with E-state index in [2.05, 4.69) is 25.9 Å². The molecule has 2 amide bonds. The van der Waals surface area contributed by atoms with Crippen LogP contribution in [0.4, 0.5) is 0 Å². The number of aromatic nitrogens is 2. The quantitative estimate of drug-likeness (QED) is 0.245. The highest BCUT2D eigenvalue weighted by Gasteiger charge is 2.26. The summed E-state index contributed by atoms with van der Waals surface area (Å²) in [6.45, 7) is 0.508. The van der Waals surface area contributed by atoms with Crippen LogP contribution in [0.5, 0.6) is 0 Å². The minimum absolute atomic E-state index is 0.0472. The fourth-order valence-electron chi connectivity index (χ4n) is 2.25. The molecular weight excluding hydrogens is 328 g/mol. The van der Waals surface area contributed by atoms with Crippen molar-refractivity contribution in [3.8, 4) is 0 Å². The maximum Gasteiger partial charge on any atom is 0.326 e. The number of aliphatic carboxylic acids is 1. The largest absolute Gasteiger partial charge is 0.480 e. The first-order valence-corrected chi connectivity index (χ1v) is 8.12. The summed E-state index contributed by atoms with van der Waals surface area (Å²) in [4.78, 5) is 42.4. The monoisotopic (exact) mass is 354 g/mol. The van der Waals surface area contributed by atoms with Gasteiger partial charge in [-0.15, -0.1) is 0 Å². The van der Waals surface area contributed by atoms with Crippen molar-refractivity contribution in [2.45, 2.75) is 37.8 Å². The average Bonchev–Trinajstić information content (AvgIpc) is 3.06. The minimum atomic E-state index is -1.12. The van der Waals surface area contributed by atoms with Crippen molar-refractivity contribution in [1.29, 1.82) is 0 Å². The van der Waals surface area contributed by atoms with E-state index in [9.17, 15) is 19.5 Å². The maximum atomic E-state index is 12.5. The lowest BCUT2D eigenvalue weighted by atomic mass is 10.1. The third kappa shape index (κ3) is 7.77. The van der Waals surface area contributed by atoms with Crippen molar-refractivity contribution in [2.75, 3.05) is 20.1 Å². The Kier molecular flexibility index (Phi) is 9.19. The molecule has 0 aromatic carbocycles. The summed E-state index contributed by atoms with van der Waals surface area (Å²) < 4.78 is 0. The van der Waals surface area contributed by atoms with E-state index in [-0.39, 0.29) is 25.3 Å². The third-order valence-electron chi connectivity index (χ3n) is 3.53. The number of H-pyrrole nitrogens is 1. The lowest BCUT2D eigenvalue weighted by Gasteiger charge is -2.21. The van der Waals surface area contributed by atoms with Crippen LogP contribution in [-0.2, 0) is 20.8 Å². The molecule has 1 heterocycles. The molecule has 2 atom stereocenters. The molecule has 0 aliphatic heterocycles. The predicted octanol–water partition coefficient (Wildman–Crippen LogP) is -1.65. The van der Waals surface area contributed by atoms with Gasteiger partial charge >= 0.3 is 5.97 Å². The zero-order chi connectivity index (χ0) is 18.7. The van der Waals surface area contributed by atoms with Crippen LogP contribution < -0.4 is 21.7 Å². The Labute approximate surface area is 146 Å². The molecule has 0 saturated heterocycles. The van der Waals surface area contributed by atoms with Crippen molar-refractivity contribution in [1.82, 2.24) is 25.9 Å². The molecule has 25 heavy (non-hydrogen) atoms. The number of hydrogen-bond donors (Lipinski definition) is 6. The summed E-state index contributed by atoms with van der Waals surface area (Å²) in [6.07, 6.45) is 4.73. The Morgan fingerprint density at radius 1 is 1.28 bits per heavy atom. The molecular formula is C15H26N6O4. The van der Waals surface area contributed by atoms with Crippen LogP contribution in [0.25, 0.3) is 0 Å². The summed E-state index contributed by atoms with van der Waals surface area (Å²) >= 11 is 0. The molecule has 0 saturated carbocycles. The average molecular weight is 354 g/mol. The van der Waals surface area contributed by atoms with Gasteiger partial charge in [-0.05, 0) is 32.9 Å². The molecule has 1 aromatic heterocycles. The lowest BCUT2D eigenvalue weighted by molar-refractivity contribution is -0.142. The Balaban J connectivity index is 2.74. The zero-order valence-corrected chi connectivity index (χ0v) is 14.2. The third-order valence-corrected chi connectivity index (χ3v) is 3.53. The van der Waals surface area contributed by atoms with Crippen molar-refractivity contribution in [3.05, 3.63) is 18.2 Å². The Morgan fingerprint density at radius 3 is 2.60 bits per heavy atom. The number of imidazole rings is 1. The van der Waals surface area contributed by atoms with Crippen LogP contribution in [0.2, 0.25) is 0 Å². The SMILES string of the molecule is CNCC(=O)NC(Cc1cnc[nH]1)C(=O)NC(CCCCN)C(=O)O. The van der Waals surface area contributed by atoms with Crippen LogP contribution in [0.15, 0.2) is 12.5 Å². The molecule has 10 heteroatoms. The molecule has 7 N–H and O–H groups in total. The first-order valence-electron chi connectivity index (χ1n) is 8.12. The summed E-state index contributed by atoms with van der Waals surface area (Å²) in [7, 11) is 1.61. The number of aromatic amines is 1. The lowest BCUT2D eigenvalue weighted by Crippen LogP contribution is -2.53. The molecule has 0 fully saturated rings. The van der Waals surface area contributed by atoms with E-state index in [0.717, 1.165) is 0 Å². The van der Waals surface area contributed by atoms with Crippen LogP contribution in [0, 0.1) is 0 Å². The summed E-state index contributed by atoms with van der Waals surface area (Å²) in [6, 6.07) is -1.93.